The first-order valence-corrected chi connectivity index (χ1v) is 10.5. The summed E-state index contributed by atoms with van der Waals surface area (Å²) in [6, 6.07) is 14.6. The highest BCUT2D eigenvalue weighted by atomic mass is 16.3. The summed E-state index contributed by atoms with van der Waals surface area (Å²) in [7, 11) is 0. The number of amides is 1. The van der Waals surface area contributed by atoms with Crippen LogP contribution in [-0.4, -0.2) is 23.0 Å². The quantitative estimate of drug-likeness (QED) is 0.585. The van der Waals surface area contributed by atoms with Crippen LogP contribution in [-0.2, 0) is 10.2 Å². The van der Waals surface area contributed by atoms with E-state index in [2.05, 4.69) is 31.1 Å². The number of ketones is 1. The Labute approximate surface area is 183 Å². The first-order chi connectivity index (χ1) is 14.4. The predicted molar refractivity (Wildman–Crippen MR) is 125 cm³/mol. The van der Waals surface area contributed by atoms with Crippen molar-refractivity contribution in [1.82, 2.24) is 0 Å². The van der Waals surface area contributed by atoms with Crippen molar-refractivity contribution in [3.8, 4) is 0 Å². The van der Waals surface area contributed by atoms with Crippen molar-refractivity contribution >= 4 is 29.3 Å². The lowest BCUT2D eigenvalue weighted by atomic mass is 9.77. The van der Waals surface area contributed by atoms with Gasteiger partial charge in [0.1, 0.15) is 5.76 Å². The number of nitrogens with one attached hydrogen (secondary N) is 1. The van der Waals surface area contributed by atoms with Crippen molar-refractivity contribution < 1.29 is 14.7 Å². The van der Waals surface area contributed by atoms with Gasteiger partial charge in [0, 0.05) is 30.3 Å². The van der Waals surface area contributed by atoms with Crippen LogP contribution in [0.3, 0.4) is 0 Å². The highest BCUT2D eigenvalue weighted by Crippen LogP contribution is 2.35. The molecule has 3 rings (SSSR count). The summed E-state index contributed by atoms with van der Waals surface area (Å²) in [5.74, 6) is -0.188. The Morgan fingerprint density at radius 2 is 1.65 bits per heavy atom. The first-order valence-electron chi connectivity index (χ1n) is 10.5. The molecule has 1 aliphatic carbocycles. The third-order valence-electron chi connectivity index (χ3n) is 5.38. The molecular formula is C26H30N2O3. The fraction of sp³-hybridized carbons (Fsp3) is 0.346. The Balaban J connectivity index is 1.66. The molecule has 0 fully saturated rings. The largest absolute Gasteiger partial charge is 0.511 e. The third kappa shape index (κ3) is 5.69. The van der Waals surface area contributed by atoms with E-state index in [0.717, 1.165) is 0 Å². The Hall–Kier alpha value is -3.21. The van der Waals surface area contributed by atoms with Crippen molar-refractivity contribution in [2.24, 2.45) is 10.4 Å². The number of hydrogen-bond acceptors (Lipinski definition) is 4. The number of nitrogens with zero attached hydrogens (tertiary/aromatic N) is 1. The van der Waals surface area contributed by atoms with Crippen molar-refractivity contribution in [3.63, 3.8) is 0 Å². The zero-order valence-corrected chi connectivity index (χ0v) is 18.8. The minimum Gasteiger partial charge on any atom is -0.511 e. The molecule has 0 saturated heterocycles. The molecule has 0 atom stereocenters. The molecule has 2 aromatic rings. The molecule has 31 heavy (non-hydrogen) atoms. The molecule has 0 unspecified atom stereocenters. The lowest BCUT2D eigenvalue weighted by Crippen LogP contribution is -2.26. The zero-order chi connectivity index (χ0) is 22.8. The molecule has 1 aliphatic rings. The van der Waals surface area contributed by atoms with Gasteiger partial charge in [0.05, 0.1) is 11.3 Å². The van der Waals surface area contributed by atoms with Gasteiger partial charge in [-0.2, -0.15) is 0 Å². The number of benzene rings is 2. The van der Waals surface area contributed by atoms with Crippen LogP contribution in [0.15, 0.2) is 64.9 Å². The molecule has 5 nitrogen and oxygen atoms in total. The van der Waals surface area contributed by atoms with E-state index >= 15 is 0 Å². The summed E-state index contributed by atoms with van der Waals surface area (Å²) in [6.45, 7) is 10.3. The molecule has 0 saturated carbocycles. The van der Waals surface area contributed by atoms with Crippen LogP contribution in [0.5, 0.6) is 0 Å². The van der Waals surface area contributed by atoms with Crippen LogP contribution in [0, 0.1) is 5.41 Å². The Morgan fingerprint density at radius 1 is 1.03 bits per heavy atom. The van der Waals surface area contributed by atoms with Crippen molar-refractivity contribution in [3.05, 3.63) is 71.0 Å². The standard InChI is InChI=1S/C26H30N2O3/c1-25(2,3)18-8-6-17(7-9-18)24(31)28-20-12-10-19(11-13-20)27-16-21-22(29)14-26(4,5)15-23(21)30/h6-13,16,29H,14-15H2,1-5H3,(H,28,31). The molecule has 0 spiro atoms. The Kier molecular flexibility index (Phi) is 6.16. The number of allylic oxidation sites excluding steroid dienone is 2. The maximum atomic E-state index is 12.5. The van der Waals surface area contributed by atoms with E-state index in [9.17, 15) is 14.7 Å². The highest BCUT2D eigenvalue weighted by Gasteiger charge is 2.32. The smallest absolute Gasteiger partial charge is 0.255 e. The van der Waals surface area contributed by atoms with Crippen molar-refractivity contribution in [1.29, 1.82) is 0 Å². The number of Topliss-reactive ketones (excluding diaryl/α,β-unsaturated/α-hetero) is 1. The van der Waals surface area contributed by atoms with Gasteiger partial charge in [0.15, 0.2) is 5.78 Å². The molecule has 2 N–H and O–H groups in total. The third-order valence-corrected chi connectivity index (χ3v) is 5.38. The van der Waals surface area contributed by atoms with E-state index in [1.807, 2.05) is 38.1 Å². The summed E-state index contributed by atoms with van der Waals surface area (Å²) in [4.78, 5) is 29.1. The van der Waals surface area contributed by atoms with Gasteiger partial charge in [-0.15, -0.1) is 0 Å². The number of aliphatic hydroxyl groups excluding tert-OH is 1. The van der Waals surface area contributed by atoms with Gasteiger partial charge in [-0.3, -0.25) is 14.6 Å². The SMILES string of the molecule is CC1(C)CC(=O)C(C=Nc2ccc(NC(=O)c3ccc(C(C)(C)C)cc3)cc2)=C(O)C1. The number of aliphatic imine (C=N–C) groups is 1. The zero-order valence-electron chi connectivity index (χ0n) is 18.8. The lowest BCUT2D eigenvalue weighted by Gasteiger charge is -2.28. The van der Waals surface area contributed by atoms with E-state index < -0.39 is 0 Å². The molecule has 1 amide bonds. The van der Waals surface area contributed by atoms with Gasteiger partial charge < -0.3 is 10.4 Å². The minimum atomic E-state index is -0.231. The molecule has 5 heteroatoms. The second kappa shape index (κ2) is 8.50. The molecule has 162 valence electrons. The topological polar surface area (TPSA) is 78.8 Å². The molecule has 0 radical (unpaired) electrons. The van der Waals surface area contributed by atoms with Crippen LogP contribution in [0.2, 0.25) is 0 Å². The summed E-state index contributed by atoms with van der Waals surface area (Å²) in [5.41, 5.74) is 3.13. The number of carbonyl (C=O) groups is 2. The van der Waals surface area contributed by atoms with Gasteiger partial charge in [0.2, 0.25) is 0 Å². The Bertz CT molecular complexity index is 1040. The van der Waals surface area contributed by atoms with Crippen LogP contribution in [0.25, 0.3) is 0 Å². The highest BCUT2D eigenvalue weighted by molar-refractivity contribution is 6.15. The van der Waals surface area contributed by atoms with E-state index in [0.29, 0.717) is 29.8 Å². The van der Waals surface area contributed by atoms with E-state index in [-0.39, 0.29) is 33.9 Å². The fourth-order valence-corrected chi connectivity index (χ4v) is 3.54. The second-order valence-corrected chi connectivity index (χ2v) is 9.89. The average Bonchev–Trinajstić information content (AvgIpc) is 2.67. The molecule has 2 aromatic carbocycles. The minimum absolute atomic E-state index is 0.0383. The van der Waals surface area contributed by atoms with Gasteiger partial charge in [0.25, 0.3) is 5.91 Å². The molecule has 0 bridgehead atoms. The maximum Gasteiger partial charge on any atom is 0.255 e. The van der Waals surface area contributed by atoms with Gasteiger partial charge in [-0.05, 0) is 52.8 Å². The van der Waals surface area contributed by atoms with E-state index in [4.69, 9.17) is 0 Å². The maximum absolute atomic E-state index is 12.5. The summed E-state index contributed by atoms with van der Waals surface area (Å²) >= 11 is 0. The number of hydrogen-bond donors (Lipinski definition) is 2. The number of rotatable bonds is 4. The Morgan fingerprint density at radius 3 is 2.19 bits per heavy atom. The van der Waals surface area contributed by atoms with Gasteiger partial charge in [-0.25, -0.2) is 0 Å². The van der Waals surface area contributed by atoms with Crippen LogP contribution in [0.4, 0.5) is 11.4 Å². The summed E-state index contributed by atoms with van der Waals surface area (Å²) < 4.78 is 0. The first kappa shape index (κ1) is 22.5. The molecule has 0 aliphatic heterocycles. The fourth-order valence-electron chi connectivity index (χ4n) is 3.54. The monoisotopic (exact) mass is 418 g/mol. The van der Waals surface area contributed by atoms with E-state index in [1.54, 1.807) is 24.3 Å². The van der Waals surface area contributed by atoms with Crippen LogP contribution >= 0.6 is 0 Å². The van der Waals surface area contributed by atoms with Crippen LogP contribution in [0.1, 0.15) is 63.4 Å². The lowest BCUT2D eigenvalue weighted by molar-refractivity contribution is -0.117. The number of aliphatic hydroxyl groups is 1. The average molecular weight is 419 g/mol. The summed E-state index contributed by atoms with van der Waals surface area (Å²) in [5, 5.41) is 13.1. The van der Waals surface area contributed by atoms with Crippen LogP contribution < -0.4 is 5.32 Å². The number of carbonyl (C=O) groups excluding carboxylic acids is 2. The van der Waals surface area contributed by atoms with Gasteiger partial charge >= 0.3 is 0 Å². The molecule has 0 heterocycles. The molecular weight excluding hydrogens is 388 g/mol. The molecule has 0 aromatic heterocycles. The van der Waals surface area contributed by atoms with Crippen molar-refractivity contribution in [2.45, 2.75) is 52.9 Å². The van der Waals surface area contributed by atoms with Crippen molar-refractivity contribution in [2.75, 3.05) is 5.32 Å². The summed E-state index contributed by atoms with van der Waals surface area (Å²) in [6.07, 6.45) is 2.28. The number of anilines is 1. The predicted octanol–water partition coefficient (Wildman–Crippen LogP) is 6.14. The normalized spacial score (nSPS) is 16.6. The second-order valence-electron chi connectivity index (χ2n) is 9.89. The van der Waals surface area contributed by atoms with E-state index in [1.165, 1.54) is 11.8 Å². The van der Waals surface area contributed by atoms with Gasteiger partial charge in [-0.1, -0.05) is 46.8 Å².